The maximum atomic E-state index is 12.1. The number of amides is 2. The molecule has 0 saturated heterocycles. The van der Waals surface area contributed by atoms with Crippen LogP contribution in [0.4, 0.5) is 11.4 Å². The van der Waals surface area contributed by atoms with Gasteiger partial charge in [-0.1, -0.05) is 13.0 Å². The molecule has 2 rings (SSSR count). The van der Waals surface area contributed by atoms with E-state index in [1.807, 2.05) is 39.1 Å². The molecule has 1 aromatic carbocycles. The van der Waals surface area contributed by atoms with E-state index >= 15 is 0 Å². The molecular weight excluding hydrogens is 266 g/mol. The molecular formula is C16H23N3O2. The van der Waals surface area contributed by atoms with Gasteiger partial charge in [-0.05, 0) is 44.5 Å². The van der Waals surface area contributed by atoms with Crippen molar-refractivity contribution in [3.05, 3.63) is 23.8 Å². The van der Waals surface area contributed by atoms with Gasteiger partial charge in [-0.2, -0.15) is 0 Å². The van der Waals surface area contributed by atoms with Crippen molar-refractivity contribution in [1.29, 1.82) is 0 Å². The van der Waals surface area contributed by atoms with E-state index in [9.17, 15) is 9.59 Å². The van der Waals surface area contributed by atoms with Gasteiger partial charge in [-0.15, -0.1) is 0 Å². The first-order valence-electron chi connectivity index (χ1n) is 7.38. The molecule has 1 saturated carbocycles. The van der Waals surface area contributed by atoms with E-state index in [1.165, 1.54) is 0 Å². The molecule has 1 fully saturated rings. The van der Waals surface area contributed by atoms with Crippen LogP contribution in [-0.2, 0) is 9.59 Å². The lowest BCUT2D eigenvalue weighted by Crippen LogP contribution is -2.28. The van der Waals surface area contributed by atoms with Crippen molar-refractivity contribution >= 4 is 23.2 Å². The second kappa shape index (κ2) is 6.72. The number of benzene rings is 1. The highest BCUT2D eigenvalue weighted by atomic mass is 16.2. The van der Waals surface area contributed by atoms with E-state index < -0.39 is 0 Å². The van der Waals surface area contributed by atoms with E-state index in [-0.39, 0.29) is 23.7 Å². The lowest BCUT2D eigenvalue weighted by atomic mass is 10.1. The summed E-state index contributed by atoms with van der Waals surface area (Å²) < 4.78 is 0. The second-order valence-corrected chi connectivity index (χ2v) is 5.74. The molecule has 0 aliphatic heterocycles. The second-order valence-electron chi connectivity index (χ2n) is 5.74. The Labute approximate surface area is 125 Å². The van der Waals surface area contributed by atoms with Gasteiger partial charge < -0.3 is 16.0 Å². The Morgan fingerprint density at radius 3 is 2.62 bits per heavy atom. The summed E-state index contributed by atoms with van der Waals surface area (Å²) in [7, 11) is 1.82. The minimum Gasteiger partial charge on any atom is -0.326 e. The third-order valence-electron chi connectivity index (χ3n) is 3.67. The van der Waals surface area contributed by atoms with Crippen molar-refractivity contribution in [1.82, 2.24) is 5.32 Å². The van der Waals surface area contributed by atoms with Crippen molar-refractivity contribution in [2.24, 2.45) is 11.8 Å². The number of carbonyl (C=O) groups is 2. The van der Waals surface area contributed by atoms with Crippen molar-refractivity contribution in [3.8, 4) is 0 Å². The zero-order valence-corrected chi connectivity index (χ0v) is 12.8. The fraction of sp³-hybridized carbons (Fsp3) is 0.500. The van der Waals surface area contributed by atoms with Crippen LogP contribution in [0.1, 0.15) is 25.3 Å². The molecule has 1 atom stereocenters. The average molecular weight is 289 g/mol. The molecule has 0 aromatic heterocycles. The van der Waals surface area contributed by atoms with Crippen LogP contribution in [0.15, 0.2) is 18.2 Å². The number of hydrogen-bond acceptors (Lipinski definition) is 3. The van der Waals surface area contributed by atoms with Crippen LogP contribution in [0.5, 0.6) is 0 Å². The van der Waals surface area contributed by atoms with Crippen LogP contribution in [0.25, 0.3) is 0 Å². The lowest BCUT2D eigenvalue weighted by Gasteiger charge is -2.14. The van der Waals surface area contributed by atoms with Gasteiger partial charge in [0.25, 0.3) is 0 Å². The topological polar surface area (TPSA) is 70.2 Å². The van der Waals surface area contributed by atoms with Crippen LogP contribution in [0.2, 0.25) is 0 Å². The molecule has 5 heteroatoms. The molecule has 1 aromatic rings. The monoisotopic (exact) mass is 289 g/mol. The third-order valence-corrected chi connectivity index (χ3v) is 3.67. The number of rotatable bonds is 6. The van der Waals surface area contributed by atoms with Gasteiger partial charge in [0.05, 0.1) is 0 Å². The predicted octanol–water partition coefficient (Wildman–Crippen LogP) is 2.14. The Morgan fingerprint density at radius 2 is 2.00 bits per heavy atom. The molecule has 0 bridgehead atoms. The number of hydrogen-bond donors (Lipinski definition) is 3. The molecule has 1 aliphatic carbocycles. The summed E-state index contributed by atoms with van der Waals surface area (Å²) in [6, 6.07) is 5.59. The summed E-state index contributed by atoms with van der Waals surface area (Å²) in [6.45, 7) is 4.44. The van der Waals surface area contributed by atoms with Gasteiger partial charge in [-0.25, -0.2) is 0 Å². The van der Waals surface area contributed by atoms with Crippen molar-refractivity contribution < 1.29 is 9.59 Å². The quantitative estimate of drug-likeness (QED) is 0.751. The molecule has 5 nitrogen and oxygen atoms in total. The Morgan fingerprint density at radius 1 is 1.29 bits per heavy atom. The first kappa shape index (κ1) is 15.5. The highest BCUT2D eigenvalue weighted by Gasteiger charge is 2.29. The zero-order chi connectivity index (χ0) is 15.4. The number of nitrogens with one attached hydrogen (secondary N) is 3. The van der Waals surface area contributed by atoms with E-state index in [1.54, 1.807) is 0 Å². The third kappa shape index (κ3) is 4.29. The average Bonchev–Trinajstić information content (AvgIpc) is 3.27. The van der Waals surface area contributed by atoms with E-state index in [0.717, 1.165) is 29.8 Å². The van der Waals surface area contributed by atoms with Gasteiger partial charge in [-0.3, -0.25) is 9.59 Å². The zero-order valence-electron chi connectivity index (χ0n) is 12.8. The minimum absolute atomic E-state index is 0.0295. The molecule has 3 N–H and O–H groups in total. The summed E-state index contributed by atoms with van der Waals surface area (Å²) in [5, 5.41) is 8.81. The molecule has 0 heterocycles. The number of carbonyl (C=O) groups excluding carboxylic acids is 2. The molecule has 0 spiro atoms. The van der Waals surface area contributed by atoms with Crippen molar-refractivity contribution in [3.63, 3.8) is 0 Å². The summed E-state index contributed by atoms with van der Waals surface area (Å²) >= 11 is 0. The molecule has 0 radical (unpaired) electrons. The summed E-state index contributed by atoms with van der Waals surface area (Å²) in [5.74, 6) is 0.0944. The van der Waals surface area contributed by atoms with Crippen molar-refractivity contribution in [2.45, 2.75) is 26.7 Å². The van der Waals surface area contributed by atoms with Crippen LogP contribution in [0, 0.1) is 18.8 Å². The fourth-order valence-corrected chi connectivity index (χ4v) is 2.08. The SMILES string of the molecule is CNCC(C)C(=O)Nc1cc(NC(=O)C2CC2)ccc1C. The largest absolute Gasteiger partial charge is 0.326 e. The molecule has 114 valence electrons. The highest BCUT2D eigenvalue weighted by molar-refractivity contribution is 5.97. The van der Waals surface area contributed by atoms with Gasteiger partial charge in [0.1, 0.15) is 0 Å². The van der Waals surface area contributed by atoms with Gasteiger partial charge >= 0.3 is 0 Å². The Bertz CT molecular complexity index is 538. The Balaban J connectivity index is 2.04. The van der Waals surface area contributed by atoms with Crippen molar-refractivity contribution in [2.75, 3.05) is 24.2 Å². The maximum absolute atomic E-state index is 12.1. The Hall–Kier alpha value is -1.88. The molecule has 2 amide bonds. The molecule has 1 unspecified atom stereocenters. The fourth-order valence-electron chi connectivity index (χ4n) is 2.08. The summed E-state index contributed by atoms with van der Waals surface area (Å²) in [4.78, 5) is 23.8. The van der Waals surface area contributed by atoms with Crippen LogP contribution < -0.4 is 16.0 Å². The normalized spacial score (nSPS) is 15.4. The molecule has 21 heavy (non-hydrogen) atoms. The standard InChI is InChI=1S/C16H23N3O2/c1-10-4-7-13(18-16(21)12-5-6-12)8-14(10)19-15(20)11(2)9-17-3/h4,7-8,11-12,17H,5-6,9H2,1-3H3,(H,18,21)(H,19,20). The number of anilines is 2. The number of aryl methyl sites for hydroxylation is 1. The maximum Gasteiger partial charge on any atom is 0.228 e. The predicted molar refractivity (Wildman–Crippen MR) is 84.3 cm³/mol. The van der Waals surface area contributed by atoms with Gasteiger partial charge in [0.15, 0.2) is 0 Å². The smallest absolute Gasteiger partial charge is 0.228 e. The van der Waals surface area contributed by atoms with Crippen LogP contribution >= 0.6 is 0 Å². The summed E-state index contributed by atoms with van der Waals surface area (Å²) in [6.07, 6.45) is 1.95. The molecule has 1 aliphatic rings. The van der Waals surface area contributed by atoms with E-state index in [0.29, 0.717) is 6.54 Å². The van der Waals surface area contributed by atoms with Crippen LogP contribution in [0.3, 0.4) is 0 Å². The first-order chi connectivity index (χ1) is 10.0. The van der Waals surface area contributed by atoms with Gasteiger partial charge in [0, 0.05) is 29.8 Å². The minimum atomic E-state index is -0.112. The first-order valence-corrected chi connectivity index (χ1v) is 7.38. The van der Waals surface area contributed by atoms with E-state index in [4.69, 9.17) is 0 Å². The van der Waals surface area contributed by atoms with Gasteiger partial charge in [0.2, 0.25) is 11.8 Å². The van der Waals surface area contributed by atoms with E-state index in [2.05, 4.69) is 16.0 Å². The lowest BCUT2D eigenvalue weighted by molar-refractivity contribution is -0.119. The Kier molecular flexibility index (Phi) is 4.96. The summed E-state index contributed by atoms with van der Waals surface area (Å²) in [5.41, 5.74) is 2.45. The highest BCUT2D eigenvalue weighted by Crippen LogP contribution is 2.30. The van der Waals surface area contributed by atoms with Crippen LogP contribution in [-0.4, -0.2) is 25.4 Å².